The number of imidazole rings is 1. The maximum absolute atomic E-state index is 11.4. The van der Waals surface area contributed by atoms with Crippen LogP contribution in [0.3, 0.4) is 0 Å². The van der Waals surface area contributed by atoms with E-state index in [2.05, 4.69) is 16.6 Å². The van der Waals surface area contributed by atoms with Crippen molar-refractivity contribution < 1.29 is 9.53 Å². The quantitative estimate of drug-likeness (QED) is 0.836. The Morgan fingerprint density at radius 2 is 2.17 bits per heavy atom. The van der Waals surface area contributed by atoms with Crippen molar-refractivity contribution in [2.24, 2.45) is 5.41 Å². The second-order valence-corrected chi connectivity index (χ2v) is 5.47. The van der Waals surface area contributed by atoms with E-state index in [9.17, 15) is 4.79 Å². The van der Waals surface area contributed by atoms with E-state index in [4.69, 9.17) is 5.73 Å². The molecule has 1 fully saturated rings. The Bertz CT molecular complexity index is 433. The maximum atomic E-state index is 11.4. The predicted octanol–water partition coefficient (Wildman–Crippen LogP) is 2.22. The van der Waals surface area contributed by atoms with E-state index in [1.807, 2.05) is 4.57 Å². The summed E-state index contributed by atoms with van der Waals surface area (Å²) in [5.41, 5.74) is 6.44. The lowest BCUT2D eigenvalue weighted by Crippen LogP contribution is -2.26. The van der Waals surface area contributed by atoms with E-state index in [1.165, 1.54) is 39.2 Å². The number of nitrogens with zero attached hydrogens (tertiary/aromatic N) is 2. The number of rotatable bonds is 3. The highest BCUT2D eigenvalue weighted by atomic mass is 16.5. The molecule has 5 nitrogen and oxygen atoms in total. The number of methoxy groups -OCH3 is 1. The molecule has 0 unspecified atom stereocenters. The summed E-state index contributed by atoms with van der Waals surface area (Å²) in [7, 11) is 1.34. The molecule has 1 aromatic rings. The molecule has 5 heteroatoms. The fourth-order valence-electron chi connectivity index (χ4n) is 2.75. The average Bonchev–Trinajstić information content (AvgIpc) is 2.70. The molecule has 1 saturated carbocycles. The first kappa shape index (κ1) is 12.9. The molecule has 2 N–H and O–H groups in total. The molecule has 1 aromatic heterocycles. The van der Waals surface area contributed by atoms with Gasteiger partial charge in [-0.15, -0.1) is 0 Å². The first-order valence-corrected chi connectivity index (χ1v) is 6.45. The topological polar surface area (TPSA) is 70.1 Å². The van der Waals surface area contributed by atoms with Crippen LogP contribution in [0.25, 0.3) is 0 Å². The Balaban J connectivity index is 2.14. The lowest BCUT2D eigenvalue weighted by atomic mass is 9.75. The minimum Gasteiger partial charge on any atom is -0.464 e. The van der Waals surface area contributed by atoms with Crippen LogP contribution in [-0.2, 0) is 11.3 Å². The number of nitrogen functional groups attached to an aromatic ring is 1. The van der Waals surface area contributed by atoms with Gasteiger partial charge in [-0.3, -0.25) is 0 Å². The van der Waals surface area contributed by atoms with Crippen molar-refractivity contribution in [3.05, 3.63) is 12.0 Å². The van der Waals surface area contributed by atoms with Gasteiger partial charge in [0.2, 0.25) is 0 Å². The Labute approximate surface area is 107 Å². The summed E-state index contributed by atoms with van der Waals surface area (Å²) in [5.74, 6) is -0.0614. The highest BCUT2D eigenvalue weighted by molar-refractivity contribution is 5.92. The van der Waals surface area contributed by atoms with Crippen molar-refractivity contribution in [2.45, 2.75) is 45.6 Å². The molecule has 1 aliphatic rings. The summed E-state index contributed by atoms with van der Waals surface area (Å²) >= 11 is 0. The summed E-state index contributed by atoms with van der Waals surface area (Å²) in [4.78, 5) is 15.5. The molecular weight excluding hydrogens is 230 g/mol. The number of nitrogens with two attached hydrogens (primary N) is 1. The zero-order chi connectivity index (χ0) is 13.2. The molecule has 2 rings (SSSR count). The van der Waals surface area contributed by atoms with Gasteiger partial charge < -0.3 is 15.0 Å². The van der Waals surface area contributed by atoms with Crippen LogP contribution >= 0.6 is 0 Å². The highest BCUT2D eigenvalue weighted by Crippen LogP contribution is 2.37. The summed E-state index contributed by atoms with van der Waals surface area (Å²) in [6, 6.07) is 0. The third-order valence-corrected chi connectivity index (χ3v) is 3.87. The van der Waals surface area contributed by atoms with Crippen molar-refractivity contribution in [2.75, 3.05) is 12.8 Å². The molecule has 0 bridgehead atoms. The third-order valence-electron chi connectivity index (χ3n) is 3.87. The predicted molar refractivity (Wildman–Crippen MR) is 69.2 cm³/mol. The van der Waals surface area contributed by atoms with Crippen molar-refractivity contribution in [1.29, 1.82) is 0 Å². The monoisotopic (exact) mass is 251 g/mol. The van der Waals surface area contributed by atoms with E-state index < -0.39 is 5.97 Å². The number of hydrogen-bond acceptors (Lipinski definition) is 4. The number of hydrogen-bond donors (Lipinski definition) is 1. The molecule has 18 heavy (non-hydrogen) atoms. The van der Waals surface area contributed by atoms with Crippen LogP contribution in [0.2, 0.25) is 0 Å². The number of esters is 1. The van der Waals surface area contributed by atoms with Gasteiger partial charge in [-0.1, -0.05) is 26.2 Å². The average molecular weight is 251 g/mol. The van der Waals surface area contributed by atoms with Gasteiger partial charge in [0.15, 0.2) is 5.69 Å². The van der Waals surface area contributed by atoms with Crippen molar-refractivity contribution in [1.82, 2.24) is 9.55 Å². The van der Waals surface area contributed by atoms with Gasteiger partial charge in [-0.25, -0.2) is 9.78 Å². The van der Waals surface area contributed by atoms with Crippen LogP contribution < -0.4 is 5.73 Å². The molecule has 0 aliphatic heterocycles. The van der Waals surface area contributed by atoms with Crippen LogP contribution in [0.5, 0.6) is 0 Å². The first-order valence-electron chi connectivity index (χ1n) is 6.45. The Morgan fingerprint density at radius 1 is 1.50 bits per heavy atom. The normalized spacial score (nSPS) is 18.6. The van der Waals surface area contributed by atoms with E-state index in [1.54, 1.807) is 6.33 Å². The summed E-state index contributed by atoms with van der Waals surface area (Å²) in [6.07, 6.45) is 7.92. The van der Waals surface area contributed by atoms with Crippen LogP contribution in [0.15, 0.2) is 6.33 Å². The SMILES string of the molecule is COC(=O)c1ncn(CC2(C)CCCCC2)c1N. The minimum atomic E-state index is -0.472. The number of carbonyl (C=O) groups is 1. The second-order valence-electron chi connectivity index (χ2n) is 5.47. The standard InChI is InChI=1S/C13H21N3O2/c1-13(6-4-3-5-7-13)8-16-9-15-10(11(16)14)12(17)18-2/h9H,3-8,14H2,1-2H3. The Kier molecular flexibility index (Phi) is 3.59. The minimum absolute atomic E-state index is 0.219. The zero-order valence-corrected chi connectivity index (χ0v) is 11.1. The molecule has 100 valence electrons. The molecule has 0 radical (unpaired) electrons. The fraction of sp³-hybridized carbons (Fsp3) is 0.692. The lowest BCUT2D eigenvalue weighted by Gasteiger charge is -2.34. The lowest BCUT2D eigenvalue weighted by molar-refractivity contribution is 0.0595. The van der Waals surface area contributed by atoms with Crippen molar-refractivity contribution in [3.8, 4) is 0 Å². The van der Waals surface area contributed by atoms with Crippen LogP contribution in [-0.4, -0.2) is 22.6 Å². The largest absolute Gasteiger partial charge is 0.464 e. The third kappa shape index (κ3) is 2.49. The van der Waals surface area contributed by atoms with Crippen LogP contribution in [0.1, 0.15) is 49.5 Å². The zero-order valence-electron chi connectivity index (χ0n) is 11.1. The Hall–Kier alpha value is -1.52. The molecular formula is C13H21N3O2. The molecule has 0 atom stereocenters. The summed E-state index contributed by atoms with van der Waals surface area (Å²) in [5, 5.41) is 0. The van der Waals surface area contributed by atoms with Gasteiger partial charge in [-0.2, -0.15) is 0 Å². The number of anilines is 1. The smallest absolute Gasteiger partial charge is 0.360 e. The van der Waals surface area contributed by atoms with E-state index in [-0.39, 0.29) is 11.1 Å². The summed E-state index contributed by atoms with van der Waals surface area (Å²) < 4.78 is 6.52. The molecule has 0 saturated heterocycles. The van der Waals surface area contributed by atoms with Gasteiger partial charge in [0, 0.05) is 6.54 Å². The van der Waals surface area contributed by atoms with Gasteiger partial charge in [-0.05, 0) is 18.3 Å². The molecule has 0 aromatic carbocycles. The van der Waals surface area contributed by atoms with Crippen LogP contribution in [0.4, 0.5) is 5.82 Å². The maximum Gasteiger partial charge on any atom is 0.360 e. The number of aromatic nitrogens is 2. The van der Waals surface area contributed by atoms with Gasteiger partial charge in [0.1, 0.15) is 5.82 Å². The van der Waals surface area contributed by atoms with E-state index in [0.717, 1.165) is 6.54 Å². The van der Waals surface area contributed by atoms with Crippen molar-refractivity contribution >= 4 is 11.8 Å². The van der Waals surface area contributed by atoms with E-state index in [0.29, 0.717) is 5.82 Å². The van der Waals surface area contributed by atoms with E-state index >= 15 is 0 Å². The molecule has 0 spiro atoms. The first-order chi connectivity index (χ1) is 8.56. The van der Waals surface area contributed by atoms with Crippen LogP contribution in [0, 0.1) is 5.41 Å². The van der Waals surface area contributed by atoms with Gasteiger partial charge in [0.25, 0.3) is 0 Å². The summed E-state index contributed by atoms with van der Waals surface area (Å²) in [6.45, 7) is 3.10. The van der Waals surface area contributed by atoms with Crippen molar-refractivity contribution in [3.63, 3.8) is 0 Å². The number of carbonyl (C=O) groups excluding carboxylic acids is 1. The fourth-order valence-corrected chi connectivity index (χ4v) is 2.75. The number of ether oxygens (including phenoxy) is 1. The molecule has 1 aliphatic carbocycles. The molecule has 0 amide bonds. The highest BCUT2D eigenvalue weighted by Gasteiger charge is 2.28. The Morgan fingerprint density at radius 3 is 2.78 bits per heavy atom. The second kappa shape index (κ2) is 5.00. The van der Waals surface area contributed by atoms with Gasteiger partial charge >= 0.3 is 5.97 Å². The molecule has 1 heterocycles. The van der Waals surface area contributed by atoms with Gasteiger partial charge in [0.05, 0.1) is 13.4 Å².